The lowest BCUT2D eigenvalue weighted by molar-refractivity contribution is 0.0442. The molecular weight excluding hydrogens is 380 g/mol. The van der Waals surface area contributed by atoms with Gasteiger partial charge in [-0.05, 0) is 32.8 Å². The van der Waals surface area contributed by atoms with E-state index in [1.807, 2.05) is 51.1 Å². The van der Waals surface area contributed by atoms with Crippen LogP contribution in [-0.2, 0) is 11.3 Å². The number of nitrogens with zero attached hydrogens (tertiary/aromatic N) is 3. The van der Waals surface area contributed by atoms with Crippen molar-refractivity contribution in [2.75, 3.05) is 18.0 Å². The topological polar surface area (TPSA) is 76.6 Å². The number of carbonyl (C=O) groups is 1. The fourth-order valence-corrected chi connectivity index (χ4v) is 3.53. The van der Waals surface area contributed by atoms with E-state index in [-0.39, 0.29) is 17.6 Å². The van der Waals surface area contributed by atoms with Crippen LogP contribution in [-0.4, -0.2) is 40.8 Å². The molecule has 0 radical (unpaired) electrons. The highest BCUT2D eigenvalue weighted by Crippen LogP contribution is 2.31. The van der Waals surface area contributed by atoms with Crippen LogP contribution in [0.2, 0.25) is 0 Å². The van der Waals surface area contributed by atoms with E-state index in [2.05, 4.69) is 34.0 Å². The molecule has 1 atom stereocenters. The van der Waals surface area contributed by atoms with Crippen molar-refractivity contribution in [2.45, 2.75) is 59.3 Å². The van der Waals surface area contributed by atoms with Crippen molar-refractivity contribution in [2.24, 2.45) is 5.41 Å². The lowest BCUT2D eigenvalue weighted by Gasteiger charge is -2.44. The molecule has 1 amide bonds. The van der Waals surface area contributed by atoms with Gasteiger partial charge in [0.1, 0.15) is 12.2 Å². The summed E-state index contributed by atoms with van der Waals surface area (Å²) >= 11 is 0. The molecule has 7 heteroatoms. The molecule has 1 aliphatic rings. The van der Waals surface area contributed by atoms with Gasteiger partial charge in [0.25, 0.3) is 0 Å². The number of rotatable bonds is 5. The number of hydrogen-bond acceptors (Lipinski definition) is 6. The number of alkyl carbamates (subject to hydrolysis) is 1. The average Bonchev–Trinajstić information content (AvgIpc) is 2.67. The van der Waals surface area contributed by atoms with Gasteiger partial charge in [0.05, 0.1) is 12.4 Å². The summed E-state index contributed by atoms with van der Waals surface area (Å²) < 4.78 is 11.2. The maximum atomic E-state index is 12.2. The second-order valence-electron chi connectivity index (χ2n) is 9.39. The normalized spacial score (nSPS) is 18.6. The molecular formula is C23H32N4O3. The molecule has 0 bridgehead atoms. The van der Waals surface area contributed by atoms with Crippen LogP contribution in [0.5, 0.6) is 5.75 Å². The fraction of sp³-hybridized carbons (Fsp3) is 0.522. The van der Waals surface area contributed by atoms with Crippen molar-refractivity contribution in [3.05, 3.63) is 48.3 Å². The molecule has 1 N–H and O–H groups in total. The second kappa shape index (κ2) is 8.90. The zero-order valence-electron chi connectivity index (χ0n) is 18.5. The Hall–Kier alpha value is -2.83. The molecule has 0 spiro atoms. The van der Waals surface area contributed by atoms with Crippen LogP contribution in [0.4, 0.5) is 10.7 Å². The summed E-state index contributed by atoms with van der Waals surface area (Å²) in [6.45, 7) is 11.8. The highest BCUT2D eigenvalue weighted by molar-refractivity contribution is 5.68. The van der Waals surface area contributed by atoms with Gasteiger partial charge in [-0.15, -0.1) is 0 Å². The van der Waals surface area contributed by atoms with E-state index in [0.29, 0.717) is 18.3 Å². The summed E-state index contributed by atoms with van der Waals surface area (Å²) in [6.07, 6.45) is 3.85. The second-order valence-corrected chi connectivity index (χ2v) is 9.39. The highest BCUT2D eigenvalue weighted by atomic mass is 16.6. The van der Waals surface area contributed by atoms with E-state index in [1.54, 1.807) is 12.4 Å². The average molecular weight is 413 g/mol. The van der Waals surface area contributed by atoms with Gasteiger partial charge in [0.2, 0.25) is 5.95 Å². The van der Waals surface area contributed by atoms with Gasteiger partial charge in [-0.1, -0.05) is 44.2 Å². The van der Waals surface area contributed by atoms with E-state index in [4.69, 9.17) is 9.47 Å². The molecule has 1 aromatic heterocycles. The third-order valence-electron chi connectivity index (χ3n) is 5.07. The Morgan fingerprint density at radius 3 is 2.47 bits per heavy atom. The van der Waals surface area contributed by atoms with E-state index >= 15 is 0 Å². The minimum absolute atomic E-state index is 0.0251. The molecule has 1 fully saturated rings. The molecule has 162 valence electrons. The highest BCUT2D eigenvalue weighted by Gasteiger charge is 2.38. The number of anilines is 1. The molecule has 1 aromatic carbocycles. The molecule has 30 heavy (non-hydrogen) atoms. The monoisotopic (exact) mass is 412 g/mol. The SMILES string of the molecule is CC(C)(C)OC(=O)NC1CCN(c2ncc(OCc3ccccc3)cn2)CC1(C)C. The molecule has 2 heterocycles. The Balaban J connectivity index is 1.55. The Kier molecular flexibility index (Phi) is 6.48. The van der Waals surface area contributed by atoms with Gasteiger partial charge in [0, 0.05) is 24.5 Å². The molecule has 1 unspecified atom stereocenters. The number of ether oxygens (including phenoxy) is 2. The van der Waals surface area contributed by atoms with E-state index in [0.717, 1.165) is 25.1 Å². The first-order valence-electron chi connectivity index (χ1n) is 10.4. The van der Waals surface area contributed by atoms with Crippen molar-refractivity contribution >= 4 is 12.0 Å². The Labute approximate surface area is 178 Å². The first kappa shape index (κ1) is 21.9. The molecule has 3 rings (SSSR count). The summed E-state index contributed by atoms with van der Waals surface area (Å²) in [7, 11) is 0. The smallest absolute Gasteiger partial charge is 0.407 e. The molecule has 7 nitrogen and oxygen atoms in total. The standard InChI is InChI=1S/C23H32N4O3/c1-22(2,3)30-21(28)26-19-11-12-27(16-23(19,4)5)20-24-13-18(14-25-20)29-15-17-9-7-6-8-10-17/h6-10,13-14,19H,11-12,15-16H2,1-5H3,(H,26,28). The number of benzene rings is 1. The fourth-order valence-electron chi connectivity index (χ4n) is 3.53. The van der Waals surface area contributed by atoms with Gasteiger partial charge in [-0.2, -0.15) is 0 Å². The van der Waals surface area contributed by atoms with Gasteiger partial charge in [-0.3, -0.25) is 0 Å². The predicted octanol–water partition coefficient (Wildman–Crippen LogP) is 4.19. The van der Waals surface area contributed by atoms with Gasteiger partial charge in [0.15, 0.2) is 5.75 Å². The van der Waals surface area contributed by atoms with Gasteiger partial charge >= 0.3 is 6.09 Å². The first-order valence-corrected chi connectivity index (χ1v) is 10.4. The molecule has 1 saturated heterocycles. The van der Waals surface area contributed by atoms with Gasteiger partial charge in [-0.25, -0.2) is 14.8 Å². The number of aromatic nitrogens is 2. The Bertz CT molecular complexity index is 832. The van der Waals surface area contributed by atoms with Gasteiger partial charge < -0.3 is 19.7 Å². The third kappa shape index (κ3) is 6.08. The van der Waals surface area contributed by atoms with Crippen LogP contribution in [0.15, 0.2) is 42.7 Å². The molecule has 0 aliphatic carbocycles. The zero-order valence-corrected chi connectivity index (χ0v) is 18.5. The van der Waals surface area contributed by atoms with Crippen LogP contribution < -0.4 is 15.0 Å². The van der Waals surface area contributed by atoms with E-state index in [9.17, 15) is 4.79 Å². The maximum Gasteiger partial charge on any atom is 0.407 e. The molecule has 2 aromatic rings. The van der Waals surface area contributed by atoms with Crippen molar-refractivity contribution in [3.63, 3.8) is 0 Å². The number of carbonyl (C=O) groups excluding carboxylic acids is 1. The predicted molar refractivity (Wildman–Crippen MR) is 117 cm³/mol. The summed E-state index contributed by atoms with van der Waals surface area (Å²) in [4.78, 5) is 23.3. The summed E-state index contributed by atoms with van der Waals surface area (Å²) in [6, 6.07) is 10.0. The number of hydrogen-bond donors (Lipinski definition) is 1. The van der Waals surface area contributed by atoms with E-state index in [1.165, 1.54) is 0 Å². The van der Waals surface area contributed by atoms with Crippen molar-refractivity contribution in [1.82, 2.24) is 15.3 Å². The van der Waals surface area contributed by atoms with Crippen LogP contribution in [0, 0.1) is 5.41 Å². The Morgan fingerprint density at radius 1 is 1.20 bits per heavy atom. The number of amides is 1. The van der Waals surface area contributed by atoms with Crippen LogP contribution in [0.3, 0.4) is 0 Å². The molecule has 1 aliphatic heterocycles. The summed E-state index contributed by atoms with van der Waals surface area (Å²) in [5, 5.41) is 3.03. The number of nitrogens with one attached hydrogen (secondary N) is 1. The van der Waals surface area contributed by atoms with Crippen LogP contribution in [0.1, 0.15) is 46.6 Å². The lowest BCUT2D eigenvalue weighted by atomic mass is 9.79. The van der Waals surface area contributed by atoms with Crippen molar-refractivity contribution in [3.8, 4) is 5.75 Å². The van der Waals surface area contributed by atoms with Crippen LogP contribution >= 0.6 is 0 Å². The maximum absolute atomic E-state index is 12.2. The quantitative estimate of drug-likeness (QED) is 0.794. The minimum atomic E-state index is -0.507. The Morgan fingerprint density at radius 2 is 1.87 bits per heavy atom. The third-order valence-corrected chi connectivity index (χ3v) is 5.07. The van der Waals surface area contributed by atoms with E-state index < -0.39 is 5.60 Å². The zero-order chi connectivity index (χ0) is 21.8. The summed E-state index contributed by atoms with van der Waals surface area (Å²) in [5.41, 5.74) is 0.441. The minimum Gasteiger partial charge on any atom is -0.486 e. The largest absolute Gasteiger partial charge is 0.486 e. The first-order chi connectivity index (χ1) is 14.1. The van der Waals surface area contributed by atoms with Crippen LogP contribution in [0.25, 0.3) is 0 Å². The summed E-state index contributed by atoms with van der Waals surface area (Å²) in [5.74, 6) is 1.31. The van der Waals surface area contributed by atoms with Crippen molar-refractivity contribution < 1.29 is 14.3 Å². The lowest BCUT2D eigenvalue weighted by Crippen LogP contribution is -2.56. The molecule has 0 saturated carbocycles. The number of piperidine rings is 1. The van der Waals surface area contributed by atoms with Crippen molar-refractivity contribution in [1.29, 1.82) is 0 Å².